The van der Waals surface area contributed by atoms with Crippen molar-refractivity contribution in [2.75, 3.05) is 0 Å². The zero-order chi connectivity index (χ0) is 16.7. The predicted molar refractivity (Wildman–Crippen MR) is 93.6 cm³/mol. The Morgan fingerprint density at radius 1 is 1.17 bits per heavy atom. The molecule has 24 heavy (non-hydrogen) atoms. The number of benzene rings is 1. The number of rotatable bonds is 2. The van der Waals surface area contributed by atoms with Crippen LogP contribution in [-0.4, -0.2) is 16.1 Å². The number of fused-ring (bicyclic) bond motifs is 1. The first-order chi connectivity index (χ1) is 11.6. The Bertz CT molecular complexity index is 1010. The van der Waals surface area contributed by atoms with Gasteiger partial charge in [-0.2, -0.15) is 0 Å². The van der Waals surface area contributed by atoms with E-state index < -0.39 is 5.91 Å². The summed E-state index contributed by atoms with van der Waals surface area (Å²) in [5.74, 6) is 0.0714. The topological polar surface area (TPSA) is 72.2 Å². The van der Waals surface area contributed by atoms with Gasteiger partial charge in [0, 0.05) is 34.4 Å². The molecule has 1 aliphatic rings. The smallest absolute Gasteiger partial charge is 0.290 e. The highest BCUT2D eigenvalue weighted by Gasteiger charge is 2.25. The molecule has 0 spiro atoms. The maximum atomic E-state index is 11.6. The summed E-state index contributed by atoms with van der Waals surface area (Å²) in [5.41, 5.74) is 2.41. The monoisotopic (exact) mass is 356 g/mol. The summed E-state index contributed by atoms with van der Waals surface area (Å²) >= 11 is 6.78. The zero-order valence-corrected chi connectivity index (χ0v) is 13.6. The fourth-order valence-corrected chi connectivity index (χ4v) is 3.23. The first-order valence-electron chi connectivity index (χ1n) is 6.98. The standard InChI is InChI=1S/C17H9ClN2O3S/c18-11-3-1-9(2-4-11)13-8-19-7-10-5-12(23-15(10)13)6-14-16(21)20-17(22)24-14/h1-8H,(H,20,21,22)/b14-6+. The number of furan rings is 1. The number of hydrogen-bond acceptors (Lipinski definition) is 5. The molecule has 7 heteroatoms. The number of pyridine rings is 1. The number of imide groups is 1. The minimum Gasteiger partial charge on any atom is -0.456 e. The largest absolute Gasteiger partial charge is 0.456 e. The van der Waals surface area contributed by atoms with E-state index in [2.05, 4.69) is 10.3 Å². The van der Waals surface area contributed by atoms with Gasteiger partial charge in [-0.15, -0.1) is 0 Å². The molecule has 1 N–H and O–H groups in total. The van der Waals surface area contributed by atoms with Crippen molar-refractivity contribution in [3.8, 4) is 11.1 Å². The summed E-state index contributed by atoms with van der Waals surface area (Å²) < 4.78 is 5.88. The molecule has 1 aromatic carbocycles. The van der Waals surface area contributed by atoms with Gasteiger partial charge < -0.3 is 4.42 Å². The molecule has 0 aliphatic carbocycles. The van der Waals surface area contributed by atoms with E-state index in [1.807, 2.05) is 12.1 Å². The lowest BCUT2D eigenvalue weighted by molar-refractivity contribution is -0.115. The Balaban J connectivity index is 1.80. The molecule has 2 aromatic heterocycles. The average molecular weight is 357 g/mol. The van der Waals surface area contributed by atoms with Crippen molar-refractivity contribution in [1.82, 2.24) is 10.3 Å². The van der Waals surface area contributed by atoms with E-state index in [1.165, 1.54) is 0 Å². The number of nitrogens with zero attached hydrogens (tertiary/aromatic N) is 1. The molecule has 1 aliphatic heterocycles. The fraction of sp³-hybridized carbons (Fsp3) is 0. The van der Waals surface area contributed by atoms with Gasteiger partial charge in [0.15, 0.2) is 0 Å². The van der Waals surface area contributed by atoms with E-state index in [0.717, 1.165) is 28.3 Å². The Kier molecular flexibility index (Phi) is 3.63. The number of thioether (sulfide) groups is 1. The summed E-state index contributed by atoms with van der Waals surface area (Å²) in [7, 11) is 0. The van der Waals surface area contributed by atoms with Gasteiger partial charge in [0.1, 0.15) is 11.3 Å². The minimum atomic E-state index is -0.415. The van der Waals surface area contributed by atoms with E-state index in [9.17, 15) is 9.59 Å². The number of nitrogens with one attached hydrogen (secondary N) is 1. The van der Waals surface area contributed by atoms with Crippen LogP contribution in [-0.2, 0) is 4.79 Å². The molecule has 4 rings (SSSR count). The van der Waals surface area contributed by atoms with Gasteiger partial charge in [0.25, 0.3) is 11.1 Å². The molecule has 0 atom stereocenters. The van der Waals surface area contributed by atoms with E-state index in [1.54, 1.807) is 36.7 Å². The van der Waals surface area contributed by atoms with Crippen molar-refractivity contribution in [2.24, 2.45) is 0 Å². The van der Waals surface area contributed by atoms with Crippen molar-refractivity contribution in [3.63, 3.8) is 0 Å². The maximum Gasteiger partial charge on any atom is 0.290 e. The van der Waals surface area contributed by atoms with E-state index in [-0.39, 0.29) is 5.24 Å². The van der Waals surface area contributed by atoms with Crippen LogP contribution in [0.4, 0.5) is 4.79 Å². The highest BCUT2D eigenvalue weighted by molar-refractivity contribution is 8.18. The fourth-order valence-electron chi connectivity index (χ4n) is 2.44. The van der Waals surface area contributed by atoms with E-state index in [4.69, 9.17) is 16.0 Å². The average Bonchev–Trinajstić information content (AvgIpc) is 3.10. The normalized spacial score (nSPS) is 16.1. The highest BCUT2D eigenvalue weighted by atomic mass is 35.5. The second-order valence-corrected chi connectivity index (χ2v) is 6.56. The van der Waals surface area contributed by atoms with Crippen molar-refractivity contribution in [3.05, 3.63) is 58.4 Å². The Labute approximate surface area is 145 Å². The van der Waals surface area contributed by atoms with Crippen LogP contribution in [0.1, 0.15) is 5.76 Å². The van der Waals surface area contributed by atoms with Gasteiger partial charge >= 0.3 is 0 Å². The van der Waals surface area contributed by atoms with Crippen LogP contribution in [0.5, 0.6) is 0 Å². The Morgan fingerprint density at radius 2 is 1.96 bits per heavy atom. The van der Waals surface area contributed by atoms with Crippen LogP contribution < -0.4 is 5.32 Å². The van der Waals surface area contributed by atoms with Crippen LogP contribution in [0.3, 0.4) is 0 Å². The van der Waals surface area contributed by atoms with Crippen LogP contribution >= 0.6 is 23.4 Å². The van der Waals surface area contributed by atoms with Crippen LogP contribution in [0.25, 0.3) is 28.2 Å². The minimum absolute atomic E-state index is 0.306. The van der Waals surface area contributed by atoms with Crippen molar-refractivity contribution in [1.29, 1.82) is 0 Å². The number of amides is 2. The number of aromatic nitrogens is 1. The molecule has 1 saturated heterocycles. The van der Waals surface area contributed by atoms with Gasteiger partial charge in [0.05, 0.1) is 4.91 Å². The number of halogens is 1. The lowest BCUT2D eigenvalue weighted by atomic mass is 10.1. The quantitative estimate of drug-likeness (QED) is 0.686. The molecule has 0 unspecified atom stereocenters. The van der Waals surface area contributed by atoms with E-state index >= 15 is 0 Å². The van der Waals surface area contributed by atoms with Crippen LogP contribution in [0.15, 0.2) is 52.0 Å². The Hall–Kier alpha value is -2.57. The molecule has 3 aromatic rings. The van der Waals surface area contributed by atoms with Crippen LogP contribution in [0.2, 0.25) is 5.02 Å². The maximum absolute atomic E-state index is 11.6. The summed E-state index contributed by atoms with van der Waals surface area (Å²) in [6.07, 6.45) is 4.95. The SMILES string of the molecule is O=C1NC(=O)/C(=C\c2cc3cncc(-c4ccc(Cl)cc4)c3o2)S1. The molecular weight excluding hydrogens is 348 g/mol. The third-order valence-electron chi connectivity index (χ3n) is 3.51. The summed E-state index contributed by atoms with van der Waals surface area (Å²) in [6.45, 7) is 0. The van der Waals surface area contributed by atoms with Crippen molar-refractivity contribution >= 4 is 51.6 Å². The second kappa shape index (κ2) is 5.81. The van der Waals surface area contributed by atoms with Crippen molar-refractivity contribution in [2.45, 2.75) is 0 Å². The second-order valence-electron chi connectivity index (χ2n) is 5.11. The van der Waals surface area contributed by atoms with Crippen LogP contribution in [0, 0.1) is 0 Å². The molecule has 3 heterocycles. The third-order valence-corrected chi connectivity index (χ3v) is 4.57. The number of hydrogen-bond donors (Lipinski definition) is 1. The molecule has 0 saturated carbocycles. The summed E-state index contributed by atoms with van der Waals surface area (Å²) in [4.78, 5) is 27.4. The van der Waals surface area contributed by atoms with E-state index in [0.29, 0.717) is 21.3 Å². The molecule has 1 fully saturated rings. The van der Waals surface area contributed by atoms with Gasteiger partial charge in [-0.05, 0) is 35.5 Å². The van der Waals surface area contributed by atoms with Gasteiger partial charge in [-0.1, -0.05) is 23.7 Å². The van der Waals surface area contributed by atoms with Crippen molar-refractivity contribution < 1.29 is 14.0 Å². The molecule has 0 bridgehead atoms. The summed E-state index contributed by atoms with van der Waals surface area (Å²) in [6, 6.07) is 9.15. The molecule has 2 amide bonds. The summed E-state index contributed by atoms with van der Waals surface area (Å²) in [5, 5.41) is 3.29. The molecule has 5 nitrogen and oxygen atoms in total. The lowest BCUT2D eigenvalue weighted by Crippen LogP contribution is -2.17. The Morgan fingerprint density at radius 3 is 2.67 bits per heavy atom. The number of carbonyl (C=O) groups excluding carboxylic acids is 2. The third kappa shape index (κ3) is 2.70. The lowest BCUT2D eigenvalue weighted by Gasteiger charge is -2.02. The first kappa shape index (κ1) is 15.0. The molecular formula is C17H9ClN2O3S. The van der Waals surface area contributed by atoms with Gasteiger partial charge in [0.2, 0.25) is 0 Å². The first-order valence-corrected chi connectivity index (χ1v) is 8.18. The predicted octanol–water partition coefficient (Wildman–Crippen LogP) is 4.47. The van der Waals surface area contributed by atoms with Gasteiger partial charge in [-0.25, -0.2) is 0 Å². The molecule has 0 radical (unpaired) electrons. The number of carbonyl (C=O) groups is 2. The molecule has 118 valence electrons. The highest BCUT2D eigenvalue weighted by Crippen LogP contribution is 2.33. The van der Waals surface area contributed by atoms with Gasteiger partial charge in [-0.3, -0.25) is 19.9 Å². The zero-order valence-electron chi connectivity index (χ0n) is 12.1.